The van der Waals surface area contributed by atoms with Crippen molar-refractivity contribution in [3.63, 3.8) is 0 Å². The average Bonchev–Trinajstić information content (AvgIpc) is 2.72. The first-order valence-corrected chi connectivity index (χ1v) is 6.87. The van der Waals surface area contributed by atoms with Gasteiger partial charge in [-0.25, -0.2) is 0 Å². The summed E-state index contributed by atoms with van der Waals surface area (Å²) < 4.78 is 7.97. The summed E-state index contributed by atoms with van der Waals surface area (Å²) in [5, 5.41) is 7.85. The minimum atomic E-state index is -0.108. The highest BCUT2D eigenvalue weighted by Crippen LogP contribution is 2.17. The number of aromatic nitrogens is 2. The molecule has 1 N–H and O–H groups in total. The van der Waals surface area contributed by atoms with E-state index < -0.39 is 0 Å². The molecule has 0 aliphatic rings. The summed E-state index contributed by atoms with van der Waals surface area (Å²) in [6, 6.07) is 2.29. The van der Waals surface area contributed by atoms with Gasteiger partial charge in [-0.1, -0.05) is 13.8 Å². The summed E-state index contributed by atoms with van der Waals surface area (Å²) in [5.41, 5.74) is 1.10. The Balaban J connectivity index is 2.73. The zero-order valence-electron chi connectivity index (χ0n) is 12.4. The zero-order valence-corrected chi connectivity index (χ0v) is 12.4. The third kappa shape index (κ3) is 4.78. The van der Waals surface area contributed by atoms with E-state index in [0.717, 1.165) is 19.5 Å². The van der Waals surface area contributed by atoms with Gasteiger partial charge in [-0.3, -0.25) is 4.68 Å². The van der Waals surface area contributed by atoms with Crippen molar-refractivity contribution < 1.29 is 4.74 Å². The Morgan fingerprint density at radius 3 is 2.67 bits per heavy atom. The van der Waals surface area contributed by atoms with Crippen LogP contribution in [0, 0.1) is 0 Å². The molecule has 104 valence electrons. The minimum Gasteiger partial charge on any atom is -0.374 e. The molecule has 4 nitrogen and oxygen atoms in total. The minimum absolute atomic E-state index is 0.108. The van der Waals surface area contributed by atoms with Crippen LogP contribution in [0.2, 0.25) is 0 Å². The predicted octanol–water partition coefficient (Wildman–Crippen LogP) is 2.76. The van der Waals surface area contributed by atoms with Crippen LogP contribution in [0.4, 0.5) is 0 Å². The number of ether oxygens (including phenoxy) is 1. The second kappa shape index (κ2) is 6.90. The zero-order chi connectivity index (χ0) is 13.6. The van der Waals surface area contributed by atoms with Gasteiger partial charge in [0.25, 0.3) is 0 Å². The molecule has 1 rings (SSSR count). The van der Waals surface area contributed by atoms with Crippen LogP contribution in [0.15, 0.2) is 12.3 Å². The maximum absolute atomic E-state index is 5.90. The van der Waals surface area contributed by atoms with Crippen LogP contribution in [-0.2, 0) is 11.3 Å². The van der Waals surface area contributed by atoms with Crippen molar-refractivity contribution in [2.24, 2.45) is 0 Å². The van der Waals surface area contributed by atoms with Crippen LogP contribution in [0.25, 0.3) is 0 Å². The topological polar surface area (TPSA) is 39.1 Å². The molecule has 0 bridgehead atoms. The van der Waals surface area contributed by atoms with Gasteiger partial charge >= 0.3 is 0 Å². The second-order valence-electron chi connectivity index (χ2n) is 5.51. The quantitative estimate of drug-likeness (QED) is 0.812. The molecule has 4 heteroatoms. The van der Waals surface area contributed by atoms with E-state index in [9.17, 15) is 0 Å². The maximum atomic E-state index is 5.90. The summed E-state index contributed by atoms with van der Waals surface area (Å²) in [5.74, 6) is 0. The van der Waals surface area contributed by atoms with Crippen LogP contribution < -0.4 is 5.32 Å². The lowest BCUT2D eigenvalue weighted by Gasteiger charge is -2.25. The lowest BCUT2D eigenvalue weighted by Crippen LogP contribution is -2.31. The van der Waals surface area contributed by atoms with E-state index in [4.69, 9.17) is 4.74 Å². The summed E-state index contributed by atoms with van der Waals surface area (Å²) in [7, 11) is 0. The number of nitrogens with one attached hydrogen (secondary N) is 1. The van der Waals surface area contributed by atoms with Crippen molar-refractivity contribution in [3.05, 3.63) is 18.0 Å². The number of likely N-dealkylation sites (N-methyl/N-ethyl adjacent to an activating group) is 1. The highest BCUT2D eigenvalue weighted by Gasteiger charge is 2.19. The van der Waals surface area contributed by atoms with Gasteiger partial charge in [-0.15, -0.1) is 0 Å². The molecule has 0 saturated carbocycles. The Hall–Kier alpha value is -0.870. The van der Waals surface area contributed by atoms with Gasteiger partial charge in [0.2, 0.25) is 0 Å². The van der Waals surface area contributed by atoms with Crippen molar-refractivity contribution in [2.75, 3.05) is 13.2 Å². The average molecular weight is 253 g/mol. The van der Waals surface area contributed by atoms with Gasteiger partial charge in [0.05, 0.1) is 23.9 Å². The van der Waals surface area contributed by atoms with E-state index in [-0.39, 0.29) is 11.6 Å². The highest BCUT2D eigenvalue weighted by atomic mass is 16.5. The molecule has 1 heterocycles. The molecule has 18 heavy (non-hydrogen) atoms. The summed E-state index contributed by atoms with van der Waals surface area (Å²) in [6.07, 6.45) is 2.96. The van der Waals surface area contributed by atoms with E-state index in [1.807, 2.05) is 6.20 Å². The molecule has 0 amide bonds. The summed E-state index contributed by atoms with van der Waals surface area (Å²) in [6.45, 7) is 13.1. The van der Waals surface area contributed by atoms with Crippen LogP contribution in [0.5, 0.6) is 0 Å². The Morgan fingerprint density at radius 1 is 1.39 bits per heavy atom. The van der Waals surface area contributed by atoms with Gasteiger partial charge in [-0.05, 0) is 39.8 Å². The third-order valence-corrected chi connectivity index (χ3v) is 2.68. The first kappa shape index (κ1) is 15.2. The molecular weight excluding hydrogens is 226 g/mol. The first-order chi connectivity index (χ1) is 8.48. The Kier molecular flexibility index (Phi) is 5.82. The van der Waals surface area contributed by atoms with Crippen molar-refractivity contribution in [1.82, 2.24) is 15.1 Å². The molecule has 1 aromatic heterocycles. The van der Waals surface area contributed by atoms with Gasteiger partial charge < -0.3 is 10.1 Å². The fourth-order valence-electron chi connectivity index (χ4n) is 1.87. The first-order valence-electron chi connectivity index (χ1n) is 6.87. The number of nitrogens with zero attached hydrogens (tertiary/aromatic N) is 2. The number of hydrogen-bond donors (Lipinski definition) is 1. The normalized spacial score (nSPS) is 13.8. The monoisotopic (exact) mass is 253 g/mol. The molecule has 0 saturated heterocycles. The summed E-state index contributed by atoms with van der Waals surface area (Å²) >= 11 is 0. The Morgan fingerprint density at radius 2 is 2.11 bits per heavy atom. The molecule has 0 spiro atoms. The van der Waals surface area contributed by atoms with Crippen molar-refractivity contribution in [2.45, 2.75) is 59.2 Å². The van der Waals surface area contributed by atoms with E-state index in [1.54, 1.807) is 0 Å². The van der Waals surface area contributed by atoms with E-state index in [2.05, 4.69) is 55.8 Å². The van der Waals surface area contributed by atoms with Crippen molar-refractivity contribution >= 4 is 0 Å². The lowest BCUT2D eigenvalue weighted by atomic mass is 10.1. The number of aryl methyl sites for hydroxylation is 1. The van der Waals surface area contributed by atoms with Crippen molar-refractivity contribution in [1.29, 1.82) is 0 Å². The maximum Gasteiger partial charge on any atom is 0.0729 e. The van der Waals surface area contributed by atoms with E-state index in [0.29, 0.717) is 6.61 Å². The lowest BCUT2D eigenvalue weighted by molar-refractivity contribution is -0.0156. The number of rotatable bonds is 7. The summed E-state index contributed by atoms with van der Waals surface area (Å²) in [4.78, 5) is 0. The van der Waals surface area contributed by atoms with Gasteiger partial charge in [0.1, 0.15) is 0 Å². The fraction of sp³-hybridized carbons (Fsp3) is 0.786. The van der Waals surface area contributed by atoms with Crippen LogP contribution in [-0.4, -0.2) is 28.5 Å². The molecular formula is C14H27N3O. The van der Waals surface area contributed by atoms with E-state index >= 15 is 0 Å². The van der Waals surface area contributed by atoms with Gasteiger partial charge in [0.15, 0.2) is 0 Å². The van der Waals surface area contributed by atoms with Crippen LogP contribution in [0.3, 0.4) is 0 Å². The second-order valence-corrected chi connectivity index (χ2v) is 5.51. The Labute approximate surface area is 111 Å². The molecule has 0 aromatic carbocycles. The van der Waals surface area contributed by atoms with Crippen LogP contribution >= 0.6 is 0 Å². The smallest absolute Gasteiger partial charge is 0.0729 e. The third-order valence-electron chi connectivity index (χ3n) is 2.68. The largest absolute Gasteiger partial charge is 0.374 e. The predicted molar refractivity (Wildman–Crippen MR) is 74.6 cm³/mol. The van der Waals surface area contributed by atoms with Crippen LogP contribution in [0.1, 0.15) is 52.8 Å². The fourth-order valence-corrected chi connectivity index (χ4v) is 1.87. The van der Waals surface area contributed by atoms with Crippen molar-refractivity contribution in [3.8, 4) is 0 Å². The molecule has 0 radical (unpaired) electrons. The van der Waals surface area contributed by atoms with Gasteiger partial charge in [-0.2, -0.15) is 5.10 Å². The van der Waals surface area contributed by atoms with Gasteiger partial charge in [0, 0.05) is 12.7 Å². The molecule has 0 aliphatic heterocycles. The molecule has 1 aromatic rings. The molecule has 0 aliphatic carbocycles. The Bertz CT molecular complexity index is 341. The molecule has 0 fully saturated rings. The highest BCUT2D eigenvalue weighted by molar-refractivity contribution is 5.07. The standard InChI is InChI=1S/C14H27N3O/c1-6-10-17-13(8-9-16-17)12(15-7-2)11-18-14(3,4)5/h8-9,12,15H,6-7,10-11H2,1-5H3. The SMILES string of the molecule is CCCn1nccc1C(COC(C)(C)C)NCC. The van der Waals surface area contributed by atoms with E-state index in [1.165, 1.54) is 5.69 Å². The number of hydrogen-bond acceptors (Lipinski definition) is 3. The molecule has 1 unspecified atom stereocenters. The molecule has 1 atom stereocenters.